The Kier molecular flexibility index (Phi) is 7.59. The number of amides is 1. The van der Waals surface area contributed by atoms with Crippen molar-refractivity contribution in [2.45, 2.75) is 32.6 Å². The predicted molar refractivity (Wildman–Crippen MR) is 102 cm³/mol. The van der Waals surface area contributed by atoms with Gasteiger partial charge in [0, 0.05) is 12.1 Å². The number of aryl methyl sites for hydroxylation is 1. The molecule has 1 atom stereocenters. The Bertz CT molecular complexity index is 672. The van der Waals surface area contributed by atoms with Crippen LogP contribution in [0.3, 0.4) is 0 Å². The molecule has 130 valence electrons. The zero-order valence-corrected chi connectivity index (χ0v) is 15.2. The van der Waals surface area contributed by atoms with Gasteiger partial charge in [0.2, 0.25) is 5.91 Å². The highest BCUT2D eigenvalue weighted by molar-refractivity contribution is 5.92. The first-order chi connectivity index (χ1) is 11.0. The van der Waals surface area contributed by atoms with Crippen LogP contribution < -0.4 is 15.8 Å². The first kappa shape index (κ1) is 19.8. The summed E-state index contributed by atoms with van der Waals surface area (Å²) in [5, 5.41) is 2.88. The summed E-state index contributed by atoms with van der Waals surface area (Å²) in [7, 11) is 1.56. The van der Waals surface area contributed by atoms with E-state index >= 15 is 0 Å². The van der Waals surface area contributed by atoms with Crippen LogP contribution in [0.2, 0.25) is 0 Å². The molecule has 0 fully saturated rings. The van der Waals surface area contributed by atoms with E-state index in [9.17, 15) is 4.79 Å². The molecular weight excluding hydrogens is 324 g/mol. The van der Waals surface area contributed by atoms with Crippen molar-refractivity contribution in [1.82, 2.24) is 0 Å². The Morgan fingerprint density at radius 2 is 1.88 bits per heavy atom. The van der Waals surface area contributed by atoms with Crippen LogP contribution in [0.5, 0.6) is 5.75 Å². The van der Waals surface area contributed by atoms with Gasteiger partial charge in [0.05, 0.1) is 12.8 Å². The van der Waals surface area contributed by atoms with Crippen LogP contribution in [-0.2, 0) is 11.2 Å². The molecule has 2 aromatic rings. The Labute approximate surface area is 149 Å². The fourth-order valence-corrected chi connectivity index (χ4v) is 2.50. The summed E-state index contributed by atoms with van der Waals surface area (Å²) in [5.74, 6) is 0.741. The molecule has 0 aliphatic heterocycles. The van der Waals surface area contributed by atoms with Crippen LogP contribution in [-0.4, -0.2) is 13.0 Å². The van der Waals surface area contributed by atoms with E-state index in [0.717, 1.165) is 6.42 Å². The van der Waals surface area contributed by atoms with E-state index in [1.165, 1.54) is 11.1 Å². The largest absolute Gasteiger partial charge is 0.495 e. The summed E-state index contributed by atoms with van der Waals surface area (Å²) in [6.07, 6.45) is 1.45. The summed E-state index contributed by atoms with van der Waals surface area (Å²) in [4.78, 5) is 12.2. The van der Waals surface area contributed by atoms with Gasteiger partial charge in [0.25, 0.3) is 0 Å². The standard InChI is InChI=1S/C19H24N2O2.ClH/c1-4-14-5-7-15(8-6-14)13(2)11-19(22)21-16-9-10-18(23-3)17(20)12-16;/h5-10,12-13H,4,11,20H2,1-3H3,(H,21,22);1H. The molecule has 5 heteroatoms. The monoisotopic (exact) mass is 348 g/mol. The lowest BCUT2D eigenvalue weighted by molar-refractivity contribution is -0.116. The number of benzene rings is 2. The van der Waals surface area contributed by atoms with Crippen LogP contribution in [0.1, 0.15) is 37.3 Å². The molecule has 2 rings (SSSR count). The average Bonchev–Trinajstić information content (AvgIpc) is 2.55. The number of hydrogen-bond acceptors (Lipinski definition) is 3. The van der Waals surface area contributed by atoms with Crippen molar-refractivity contribution < 1.29 is 9.53 Å². The van der Waals surface area contributed by atoms with Gasteiger partial charge in [0.1, 0.15) is 5.75 Å². The van der Waals surface area contributed by atoms with Crippen molar-refractivity contribution >= 4 is 29.7 Å². The van der Waals surface area contributed by atoms with Crippen LogP contribution >= 0.6 is 12.4 Å². The van der Waals surface area contributed by atoms with E-state index < -0.39 is 0 Å². The minimum Gasteiger partial charge on any atom is -0.495 e. The van der Waals surface area contributed by atoms with Crippen molar-refractivity contribution in [2.75, 3.05) is 18.2 Å². The maximum atomic E-state index is 12.2. The maximum absolute atomic E-state index is 12.2. The zero-order chi connectivity index (χ0) is 16.8. The van der Waals surface area contributed by atoms with E-state index in [1.807, 2.05) is 0 Å². The number of nitrogen functional groups attached to an aromatic ring is 1. The van der Waals surface area contributed by atoms with Gasteiger partial charge in [-0.2, -0.15) is 0 Å². The van der Waals surface area contributed by atoms with E-state index in [0.29, 0.717) is 23.5 Å². The molecule has 1 unspecified atom stereocenters. The molecule has 0 saturated heterocycles. The van der Waals surface area contributed by atoms with Gasteiger partial charge in [-0.25, -0.2) is 0 Å². The van der Waals surface area contributed by atoms with Gasteiger partial charge in [-0.05, 0) is 41.7 Å². The fraction of sp³-hybridized carbons (Fsp3) is 0.316. The number of carbonyl (C=O) groups is 1. The van der Waals surface area contributed by atoms with Gasteiger partial charge < -0.3 is 15.8 Å². The van der Waals surface area contributed by atoms with Crippen LogP contribution in [0, 0.1) is 0 Å². The van der Waals surface area contributed by atoms with Crippen molar-refractivity contribution in [3.8, 4) is 5.75 Å². The molecule has 0 heterocycles. The van der Waals surface area contributed by atoms with Gasteiger partial charge >= 0.3 is 0 Å². The Balaban J connectivity index is 0.00000288. The first-order valence-corrected chi connectivity index (χ1v) is 7.85. The summed E-state index contributed by atoms with van der Waals surface area (Å²) in [6, 6.07) is 13.7. The molecule has 3 N–H and O–H groups in total. The lowest BCUT2D eigenvalue weighted by Crippen LogP contribution is -2.14. The number of hydrogen-bond donors (Lipinski definition) is 2. The third-order valence-electron chi connectivity index (χ3n) is 3.96. The molecule has 24 heavy (non-hydrogen) atoms. The van der Waals surface area contributed by atoms with Crippen LogP contribution in [0.25, 0.3) is 0 Å². The Hall–Kier alpha value is -2.20. The second kappa shape index (κ2) is 9.18. The molecule has 0 saturated carbocycles. The van der Waals surface area contributed by atoms with E-state index in [1.54, 1.807) is 25.3 Å². The summed E-state index contributed by atoms with van der Waals surface area (Å²) in [5.41, 5.74) is 9.52. The van der Waals surface area contributed by atoms with Crippen LogP contribution in [0.4, 0.5) is 11.4 Å². The summed E-state index contributed by atoms with van der Waals surface area (Å²) < 4.78 is 5.11. The van der Waals surface area contributed by atoms with Crippen LogP contribution in [0.15, 0.2) is 42.5 Å². The van der Waals surface area contributed by atoms with Crippen molar-refractivity contribution in [1.29, 1.82) is 0 Å². The number of rotatable bonds is 6. The Morgan fingerprint density at radius 1 is 1.21 bits per heavy atom. The number of halogens is 1. The molecule has 0 radical (unpaired) electrons. The second-order valence-corrected chi connectivity index (χ2v) is 5.71. The Morgan fingerprint density at radius 3 is 2.42 bits per heavy atom. The number of anilines is 2. The molecule has 4 nitrogen and oxygen atoms in total. The number of nitrogens with two attached hydrogens (primary N) is 1. The highest BCUT2D eigenvalue weighted by Gasteiger charge is 2.12. The molecule has 0 aliphatic carbocycles. The van der Waals surface area contributed by atoms with Gasteiger partial charge in [-0.15, -0.1) is 12.4 Å². The first-order valence-electron chi connectivity index (χ1n) is 7.85. The normalized spacial score (nSPS) is 11.3. The molecule has 0 aliphatic rings. The smallest absolute Gasteiger partial charge is 0.224 e. The SMILES string of the molecule is CCc1ccc(C(C)CC(=O)Nc2ccc(OC)c(N)c2)cc1.Cl. The highest BCUT2D eigenvalue weighted by Crippen LogP contribution is 2.25. The van der Waals surface area contributed by atoms with Gasteiger partial charge in [-0.3, -0.25) is 4.79 Å². The number of carbonyl (C=O) groups excluding carboxylic acids is 1. The number of methoxy groups -OCH3 is 1. The fourth-order valence-electron chi connectivity index (χ4n) is 2.50. The molecule has 0 bridgehead atoms. The highest BCUT2D eigenvalue weighted by atomic mass is 35.5. The summed E-state index contributed by atoms with van der Waals surface area (Å²) in [6.45, 7) is 4.19. The van der Waals surface area contributed by atoms with Gasteiger partial charge in [0.15, 0.2) is 0 Å². The molecule has 2 aromatic carbocycles. The number of ether oxygens (including phenoxy) is 1. The van der Waals surface area contributed by atoms with E-state index in [-0.39, 0.29) is 24.2 Å². The number of nitrogens with one attached hydrogen (secondary N) is 1. The minimum atomic E-state index is -0.0263. The average molecular weight is 349 g/mol. The van der Waals surface area contributed by atoms with E-state index in [4.69, 9.17) is 10.5 Å². The van der Waals surface area contributed by atoms with Crippen molar-refractivity contribution in [3.63, 3.8) is 0 Å². The lowest BCUT2D eigenvalue weighted by atomic mass is 9.96. The molecule has 0 spiro atoms. The summed E-state index contributed by atoms with van der Waals surface area (Å²) >= 11 is 0. The molecular formula is C19H25ClN2O2. The predicted octanol–water partition coefficient (Wildman–Crippen LogP) is 4.39. The third kappa shape index (κ3) is 5.17. The minimum absolute atomic E-state index is 0. The van der Waals surface area contributed by atoms with Crippen molar-refractivity contribution in [3.05, 3.63) is 53.6 Å². The zero-order valence-electron chi connectivity index (χ0n) is 14.3. The third-order valence-corrected chi connectivity index (χ3v) is 3.96. The second-order valence-electron chi connectivity index (χ2n) is 5.71. The maximum Gasteiger partial charge on any atom is 0.224 e. The molecule has 1 amide bonds. The van der Waals surface area contributed by atoms with Crippen molar-refractivity contribution in [2.24, 2.45) is 0 Å². The lowest BCUT2D eigenvalue weighted by Gasteiger charge is -2.13. The topological polar surface area (TPSA) is 64.3 Å². The molecule has 0 aromatic heterocycles. The van der Waals surface area contributed by atoms with E-state index in [2.05, 4.69) is 43.4 Å². The van der Waals surface area contributed by atoms with Gasteiger partial charge in [-0.1, -0.05) is 38.1 Å². The quantitative estimate of drug-likeness (QED) is 0.761.